The first-order valence-corrected chi connectivity index (χ1v) is 8.62. The largest absolute Gasteiger partial charge is 0.484 e. The van der Waals surface area contributed by atoms with E-state index in [0.29, 0.717) is 11.7 Å². The highest BCUT2D eigenvalue weighted by Gasteiger charge is 2.05. The van der Waals surface area contributed by atoms with Crippen LogP contribution in [0.1, 0.15) is 49.8 Å². The van der Waals surface area contributed by atoms with Gasteiger partial charge >= 0.3 is 0 Å². The average Bonchev–Trinajstić information content (AvgIpc) is 2.64. The quantitative estimate of drug-likeness (QED) is 0.600. The van der Waals surface area contributed by atoms with Crippen LogP contribution in [-0.4, -0.2) is 18.2 Å². The first kappa shape index (κ1) is 18.7. The van der Waals surface area contributed by atoms with Crippen molar-refractivity contribution < 1.29 is 9.53 Å². The zero-order chi connectivity index (χ0) is 18.2. The van der Waals surface area contributed by atoms with E-state index < -0.39 is 0 Å². The van der Waals surface area contributed by atoms with E-state index in [2.05, 4.69) is 24.4 Å². The molecule has 1 atom stereocenters. The average molecular weight is 338 g/mol. The van der Waals surface area contributed by atoms with Crippen molar-refractivity contribution in [3.05, 3.63) is 65.2 Å². The van der Waals surface area contributed by atoms with Crippen molar-refractivity contribution in [2.75, 3.05) is 6.61 Å². The van der Waals surface area contributed by atoms with Crippen LogP contribution >= 0.6 is 0 Å². The first-order chi connectivity index (χ1) is 12.0. The molecule has 132 valence electrons. The molecule has 25 heavy (non-hydrogen) atoms. The minimum absolute atomic E-state index is 0.0621. The Morgan fingerprint density at radius 1 is 1.12 bits per heavy atom. The molecule has 4 nitrogen and oxygen atoms in total. The molecule has 0 radical (unpaired) electrons. The van der Waals surface area contributed by atoms with E-state index >= 15 is 0 Å². The van der Waals surface area contributed by atoms with Crippen LogP contribution in [-0.2, 0) is 4.79 Å². The second-order valence-electron chi connectivity index (χ2n) is 6.27. The molecule has 0 saturated heterocycles. The molecule has 1 N–H and O–H groups in total. The van der Waals surface area contributed by atoms with Crippen LogP contribution in [0.5, 0.6) is 5.75 Å². The number of ether oxygens (including phenoxy) is 1. The predicted molar refractivity (Wildman–Crippen MR) is 102 cm³/mol. The molecule has 0 heterocycles. The topological polar surface area (TPSA) is 50.7 Å². The molecular formula is C21H26N2O2. The molecule has 0 spiro atoms. The molecule has 0 aliphatic heterocycles. The van der Waals surface area contributed by atoms with Crippen molar-refractivity contribution in [2.24, 2.45) is 5.10 Å². The SMILES string of the molecule is CCC(C)c1ccc(OCC(=O)NN=C(C)c2ccc(C)cc2)cc1. The lowest BCUT2D eigenvalue weighted by molar-refractivity contribution is -0.123. The van der Waals surface area contributed by atoms with E-state index in [0.717, 1.165) is 17.7 Å². The molecule has 0 bridgehead atoms. The van der Waals surface area contributed by atoms with Crippen LogP contribution in [0.25, 0.3) is 0 Å². The van der Waals surface area contributed by atoms with Gasteiger partial charge in [-0.3, -0.25) is 4.79 Å². The summed E-state index contributed by atoms with van der Waals surface area (Å²) in [5, 5.41) is 4.12. The Hall–Kier alpha value is -2.62. The third-order valence-electron chi connectivity index (χ3n) is 4.25. The monoisotopic (exact) mass is 338 g/mol. The molecular weight excluding hydrogens is 312 g/mol. The summed E-state index contributed by atoms with van der Waals surface area (Å²) in [6.45, 7) is 8.19. The third-order valence-corrected chi connectivity index (χ3v) is 4.25. The van der Waals surface area contributed by atoms with Gasteiger partial charge < -0.3 is 4.74 Å². The lowest BCUT2D eigenvalue weighted by atomic mass is 9.99. The van der Waals surface area contributed by atoms with E-state index in [9.17, 15) is 4.79 Å². The van der Waals surface area contributed by atoms with Crippen molar-refractivity contribution in [1.29, 1.82) is 0 Å². The molecule has 2 rings (SSSR count). The molecule has 1 amide bonds. The number of carbonyl (C=O) groups is 1. The van der Waals surface area contributed by atoms with Crippen LogP contribution in [0.4, 0.5) is 0 Å². The molecule has 1 unspecified atom stereocenters. The van der Waals surface area contributed by atoms with Crippen molar-refractivity contribution in [1.82, 2.24) is 5.43 Å². The van der Waals surface area contributed by atoms with E-state index in [4.69, 9.17) is 4.74 Å². The van der Waals surface area contributed by atoms with Gasteiger partial charge in [-0.25, -0.2) is 5.43 Å². The summed E-state index contributed by atoms with van der Waals surface area (Å²) in [4.78, 5) is 11.9. The summed E-state index contributed by atoms with van der Waals surface area (Å²) < 4.78 is 5.51. The van der Waals surface area contributed by atoms with Crippen molar-refractivity contribution in [3.8, 4) is 5.75 Å². The standard InChI is InChI=1S/C21H26N2O2/c1-5-16(3)18-10-12-20(13-11-18)25-14-21(24)23-22-17(4)19-8-6-15(2)7-9-19/h6-13,16H,5,14H2,1-4H3,(H,23,24). The number of rotatable bonds is 7. The Kier molecular flexibility index (Phi) is 6.75. The number of nitrogens with one attached hydrogen (secondary N) is 1. The van der Waals surface area contributed by atoms with Crippen molar-refractivity contribution in [2.45, 2.75) is 40.0 Å². The summed E-state index contributed by atoms with van der Waals surface area (Å²) in [7, 11) is 0. The Morgan fingerprint density at radius 3 is 2.36 bits per heavy atom. The number of benzene rings is 2. The van der Waals surface area contributed by atoms with Crippen LogP contribution in [0, 0.1) is 6.92 Å². The Balaban J connectivity index is 1.84. The highest BCUT2D eigenvalue weighted by atomic mass is 16.5. The maximum atomic E-state index is 11.9. The van der Waals surface area contributed by atoms with Gasteiger partial charge in [0, 0.05) is 0 Å². The van der Waals surface area contributed by atoms with Gasteiger partial charge in [0.05, 0.1) is 5.71 Å². The molecule has 2 aromatic carbocycles. The van der Waals surface area contributed by atoms with Gasteiger partial charge in [-0.1, -0.05) is 55.8 Å². The van der Waals surface area contributed by atoms with Gasteiger partial charge in [0.1, 0.15) is 5.75 Å². The summed E-state index contributed by atoms with van der Waals surface area (Å²) >= 11 is 0. The fourth-order valence-corrected chi connectivity index (χ4v) is 2.31. The fraction of sp³-hybridized carbons (Fsp3) is 0.333. The maximum Gasteiger partial charge on any atom is 0.277 e. The first-order valence-electron chi connectivity index (χ1n) is 8.62. The van der Waals surface area contributed by atoms with Crippen LogP contribution in [0.2, 0.25) is 0 Å². The minimum atomic E-state index is -0.280. The Labute approximate surface area is 149 Å². The molecule has 0 saturated carbocycles. The van der Waals surface area contributed by atoms with Crippen molar-refractivity contribution >= 4 is 11.6 Å². The summed E-state index contributed by atoms with van der Waals surface area (Å²) in [6.07, 6.45) is 1.10. The van der Waals surface area contributed by atoms with E-state index in [-0.39, 0.29) is 12.5 Å². The van der Waals surface area contributed by atoms with Gasteiger partial charge in [0.2, 0.25) is 0 Å². The molecule has 0 fully saturated rings. The van der Waals surface area contributed by atoms with Gasteiger partial charge in [-0.15, -0.1) is 0 Å². The van der Waals surface area contributed by atoms with E-state index in [1.807, 2.05) is 62.4 Å². The number of aryl methyl sites for hydroxylation is 1. The number of amides is 1. The number of hydrogen-bond acceptors (Lipinski definition) is 3. The number of hydrazone groups is 1. The van der Waals surface area contributed by atoms with Gasteiger partial charge in [-0.05, 0) is 49.4 Å². The molecule has 0 aliphatic carbocycles. The highest BCUT2D eigenvalue weighted by molar-refractivity contribution is 5.99. The maximum absolute atomic E-state index is 11.9. The molecule has 0 aromatic heterocycles. The number of carbonyl (C=O) groups excluding carboxylic acids is 1. The number of nitrogens with zero attached hydrogens (tertiary/aromatic N) is 1. The lowest BCUT2D eigenvalue weighted by Crippen LogP contribution is -2.25. The summed E-state index contributed by atoms with van der Waals surface area (Å²) in [6, 6.07) is 15.9. The minimum Gasteiger partial charge on any atom is -0.484 e. The second kappa shape index (κ2) is 9.02. The smallest absolute Gasteiger partial charge is 0.277 e. The van der Waals surface area contributed by atoms with E-state index in [1.54, 1.807) is 0 Å². The summed E-state index contributed by atoms with van der Waals surface area (Å²) in [5.41, 5.74) is 6.73. The second-order valence-corrected chi connectivity index (χ2v) is 6.27. The Morgan fingerprint density at radius 2 is 1.76 bits per heavy atom. The van der Waals surface area contributed by atoms with Crippen LogP contribution in [0.3, 0.4) is 0 Å². The van der Waals surface area contributed by atoms with Gasteiger partial charge in [-0.2, -0.15) is 5.10 Å². The molecule has 4 heteroatoms. The lowest BCUT2D eigenvalue weighted by Gasteiger charge is -2.10. The fourth-order valence-electron chi connectivity index (χ4n) is 2.31. The van der Waals surface area contributed by atoms with Crippen LogP contribution in [0.15, 0.2) is 53.6 Å². The zero-order valence-electron chi connectivity index (χ0n) is 15.4. The highest BCUT2D eigenvalue weighted by Crippen LogP contribution is 2.21. The van der Waals surface area contributed by atoms with Crippen molar-refractivity contribution in [3.63, 3.8) is 0 Å². The Bertz CT molecular complexity index is 719. The summed E-state index contributed by atoms with van der Waals surface area (Å²) in [5.74, 6) is 0.926. The van der Waals surface area contributed by atoms with Crippen LogP contribution < -0.4 is 10.2 Å². The zero-order valence-corrected chi connectivity index (χ0v) is 15.4. The molecule has 0 aliphatic rings. The third kappa shape index (κ3) is 5.75. The van der Waals surface area contributed by atoms with Gasteiger partial charge in [0.25, 0.3) is 5.91 Å². The number of hydrogen-bond donors (Lipinski definition) is 1. The van der Waals surface area contributed by atoms with Gasteiger partial charge in [0.15, 0.2) is 6.61 Å². The predicted octanol–water partition coefficient (Wildman–Crippen LogP) is 4.43. The normalized spacial score (nSPS) is 12.6. The molecule has 2 aromatic rings. The van der Waals surface area contributed by atoms with E-state index in [1.165, 1.54) is 11.1 Å².